The van der Waals surface area contributed by atoms with Gasteiger partial charge < -0.3 is 4.90 Å². The van der Waals surface area contributed by atoms with E-state index in [0.717, 1.165) is 15.6 Å². The maximum Gasteiger partial charge on any atom is 0.261 e. The quantitative estimate of drug-likeness (QED) is 0.807. The van der Waals surface area contributed by atoms with Crippen LogP contribution >= 0.6 is 11.3 Å². The van der Waals surface area contributed by atoms with Crippen molar-refractivity contribution in [1.29, 1.82) is 0 Å². The Kier molecular flexibility index (Phi) is 3.73. The first-order valence-corrected chi connectivity index (χ1v) is 7.89. The molecule has 118 valence electrons. The molecule has 3 rings (SSSR count). The zero-order valence-corrected chi connectivity index (χ0v) is 13.8. The van der Waals surface area contributed by atoms with Crippen LogP contribution in [0.1, 0.15) is 41.8 Å². The van der Waals surface area contributed by atoms with Crippen molar-refractivity contribution in [3.8, 4) is 0 Å². The molecular formula is C16H15N3O3S. The van der Waals surface area contributed by atoms with Crippen LogP contribution in [-0.4, -0.2) is 46.6 Å². The van der Waals surface area contributed by atoms with Crippen molar-refractivity contribution in [3.05, 3.63) is 51.0 Å². The summed E-state index contributed by atoms with van der Waals surface area (Å²) in [4.78, 5) is 43.3. The van der Waals surface area contributed by atoms with Gasteiger partial charge in [0.05, 0.1) is 28.4 Å². The van der Waals surface area contributed by atoms with E-state index in [0.29, 0.717) is 17.7 Å². The van der Waals surface area contributed by atoms with Crippen LogP contribution in [0.25, 0.3) is 0 Å². The topological polar surface area (TPSA) is 70.6 Å². The predicted molar refractivity (Wildman–Crippen MR) is 85.5 cm³/mol. The van der Waals surface area contributed by atoms with Crippen LogP contribution in [0.2, 0.25) is 0 Å². The minimum atomic E-state index is -0.377. The second kappa shape index (κ2) is 5.58. The van der Waals surface area contributed by atoms with Gasteiger partial charge in [-0.05, 0) is 25.1 Å². The maximum atomic E-state index is 12.5. The van der Waals surface area contributed by atoms with Gasteiger partial charge in [0.2, 0.25) is 0 Å². The molecule has 0 saturated heterocycles. The highest BCUT2D eigenvalue weighted by Crippen LogP contribution is 2.23. The molecule has 1 aromatic carbocycles. The molecule has 2 heterocycles. The number of aromatic nitrogens is 1. The average molecular weight is 329 g/mol. The van der Waals surface area contributed by atoms with Crippen molar-refractivity contribution in [1.82, 2.24) is 14.8 Å². The lowest BCUT2D eigenvalue weighted by atomic mass is 10.0. The number of imide groups is 1. The molecule has 1 aliphatic rings. The molecule has 0 bridgehead atoms. The Morgan fingerprint density at radius 1 is 1.26 bits per heavy atom. The van der Waals surface area contributed by atoms with Crippen LogP contribution in [0.5, 0.6) is 0 Å². The molecule has 1 aliphatic heterocycles. The van der Waals surface area contributed by atoms with Gasteiger partial charge in [0.15, 0.2) is 0 Å². The fraction of sp³-hybridized carbons (Fsp3) is 0.250. The Labute approximate surface area is 137 Å². The second-order valence-corrected chi connectivity index (χ2v) is 6.51. The van der Waals surface area contributed by atoms with Crippen molar-refractivity contribution in [3.63, 3.8) is 0 Å². The molecule has 0 N–H and O–H groups in total. The largest absolute Gasteiger partial charge is 0.336 e. The number of amides is 3. The van der Waals surface area contributed by atoms with Crippen molar-refractivity contribution in [2.24, 2.45) is 0 Å². The molecule has 1 aromatic heterocycles. The standard InChI is InChI=1S/C16H15N3O3S/c1-9-17-11(8-23-9)7-18(2)14(20)10-4-5-12-13(6-10)16(22)19(3)15(12)21/h4-6,8H,7H2,1-3H3. The van der Waals surface area contributed by atoms with E-state index in [4.69, 9.17) is 0 Å². The van der Waals surface area contributed by atoms with Gasteiger partial charge in [-0.2, -0.15) is 0 Å². The van der Waals surface area contributed by atoms with Crippen LogP contribution in [-0.2, 0) is 6.54 Å². The summed E-state index contributed by atoms with van der Waals surface area (Å²) < 4.78 is 0. The maximum absolute atomic E-state index is 12.5. The summed E-state index contributed by atoms with van der Waals surface area (Å²) in [6.07, 6.45) is 0. The molecule has 0 saturated carbocycles. The first kappa shape index (κ1) is 15.4. The lowest BCUT2D eigenvalue weighted by Crippen LogP contribution is -2.26. The molecule has 0 spiro atoms. The molecule has 2 aromatic rings. The van der Waals surface area contributed by atoms with E-state index in [1.807, 2.05) is 12.3 Å². The summed E-state index contributed by atoms with van der Waals surface area (Å²) >= 11 is 1.53. The van der Waals surface area contributed by atoms with Gasteiger partial charge in [-0.15, -0.1) is 11.3 Å². The number of fused-ring (bicyclic) bond motifs is 1. The van der Waals surface area contributed by atoms with E-state index in [1.165, 1.54) is 30.5 Å². The molecule has 7 heteroatoms. The molecule has 6 nitrogen and oxygen atoms in total. The summed E-state index contributed by atoms with van der Waals surface area (Å²) in [5.41, 5.74) is 1.83. The highest BCUT2D eigenvalue weighted by Gasteiger charge is 2.33. The highest BCUT2D eigenvalue weighted by atomic mass is 32.1. The number of carbonyl (C=O) groups excluding carboxylic acids is 3. The normalized spacial score (nSPS) is 13.4. The van der Waals surface area contributed by atoms with Crippen LogP contribution in [0.15, 0.2) is 23.6 Å². The number of rotatable bonds is 3. The van der Waals surface area contributed by atoms with Gasteiger partial charge in [-0.1, -0.05) is 0 Å². The summed E-state index contributed by atoms with van der Waals surface area (Å²) in [7, 11) is 3.12. The highest BCUT2D eigenvalue weighted by molar-refractivity contribution is 7.09. The SMILES string of the molecule is Cc1nc(CN(C)C(=O)c2ccc3c(c2)C(=O)N(C)C3=O)cs1. The van der Waals surface area contributed by atoms with Gasteiger partial charge in [0.1, 0.15) is 0 Å². The van der Waals surface area contributed by atoms with Crippen molar-refractivity contribution in [2.75, 3.05) is 14.1 Å². The van der Waals surface area contributed by atoms with Crippen molar-refractivity contribution in [2.45, 2.75) is 13.5 Å². The van der Waals surface area contributed by atoms with Crippen LogP contribution in [0, 0.1) is 6.92 Å². The molecule has 23 heavy (non-hydrogen) atoms. The van der Waals surface area contributed by atoms with Crippen LogP contribution in [0.4, 0.5) is 0 Å². The Morgan fingerprint density at radius 2 is 1.96 bits per heavy atom. The first-order valence-electron chi connectivity index (χ1n) is 7.01. The Balaban J connectivity index is 1.83. The Bertz CT molecular complexity index is 828. The van der Waals surface area contributed by atoms with E-state index in [2.05, 4.69) is 4.98 Å². The second-order valence-electron chi connectivity index (χ2n) is 5.45. The number of thiazole rings is 1. The smallest absolute Gasteiger partial charge is 0.261 e. The zero-order chi connectivity index (χ0) is 16.7. The zero-order valence-electron chi connectivity index (χ0n) is 13.0. The lowest BCUT2D eigenvalue weighted by molar-refractivity contribution is 0.0692. The minimum absolute atomic E-state index is 0.215. The molecule has 0 radical (unpaired) electrons. The molecule has 3 amide bonds. The number of nitrogens with zero attached hydrogens (tertiary/aromatic N) is 3. The Morgan fingerprint density at radius 3 is 2.61 bits per heavy atom. The summed E-state index contributed by atoms with van der Waals surface area (Å²) in [5, 5.41) is 2.87. The van der Waals surface area contributed by atoms with Gasteiger partial charge >= 0.3 is 0 Å². The third kappa shape index (κ3) is 2.63. The van der Waals surface area contributed by atoms with E-state index < -0.39 is 0 Å². The average Bonchev–Trinajstić information content (AvgIpc) is 3.04. The third-order valence-electron chi connectivity index (χ3n) is 3.75. The summed E-state index contributed by atoms with van der Waals surface area (Å²) in [6, 6.07) is 4.60. The van der Waals surface area contributed by atoms with Gasteiger partial charge in [0.25, 0.3) is 17.7 Å². The van der Waals surface area contributed by atoms with Crippen molar-refractivity contribution >= 4 is 29.1 Å². The molecule has 0 fully saturated rings. The fourth-order valence-corrected chi connectivity index (χ4v) is 3.11. The summed E-state index contributed by atoms with van der Waals surface area (Å²) in [5.74, 6) is -0.930. The van der Waals surface area contributed by atoms with Gasteiger partial charge in [-0.3, -0.25) is 19.3 Å². The number of hydrogen-bond acceptors (Lipinski definition) is 5. The summed E-state index contributed by atoms with van der Waals surface area (Å²) in [6.45, 7) is 2.31. The van der Waals surface area contributed by atoms with E-state index in [1.54, 1.807) is 18.0 Å². The minimum Gasteiger partial charge on any atom is -0.336 e. The fourth-order valence-electron chi connectivity index (χ4n) is 2.51. The monoisotopic (exact) mass is 329 g/mol. The van der Waals surface area contributed by atoms with E-state index >= 15 is 0 Å². The molecular weight excluding hydrogens is 314 g/mol. The van der Waals surface area contributed by atoms with Crippen LogP contribution < -0.4 is 0 Å². The molecule has 0 unspecified atom stereocenters. The predicted octanol–water partition coefficient (Wildman–Crippen LogP) is 1.95. The number of carbonyl (C=O) groups is 3. The van der Waals surface area contributed by atoms with Crippen LogP contribution in [0.3, 0.4) is 0 Å². The third-order valence-corrected chi connectivity index (χ3v) is 4.57. The molecule has 0 atom stereocenters. The molecule has 0 aliphatic carbocycles. The number of aryl methyl sites for hydroxylation is 1. The van der Waals surface area contributed by atoms with Gasteiger partial charge in [-0.25, -0.2) is 4.98 Å². The van der Waals surface area contributed by atoms with E-state index in [-0.39, 0.29) is 23.3 Å². The van der Waals surface area contributed by atoms with Crippen molar-refractivity contribution < 1.29 is 14.4 Å². The first-order chi connectivity index (χ1) is 10.9. The van der Waals surface area contributed by atoms with E-state index in [9.17, 15) is 14.4 Å². The number of hydrogen-bond donors (Lipinski definition) is 0. The number of benzene rings is 1. The van der Waals surface area contributed by atoms with Gasteiger partial charge in [0, 0.05) is 25.0 Å². The lowest BCUT2D eigenvalue weighted by Gasteiger charge is -2.16. The Hall–Kier alpha value is -2.54.